The number of nitrogens with zero attached hydrogens (tertiary/aromatic N) is 3. The molecule has 0 N–H and O–H groups in total. The van der Waals surface area contributed by atoms with E-state index in [-0.39, 0.29) is 11.3 Å². The van der Waals surface area contributed by atoms with Crippen LogP contribution in [-0.4, -0.2) is 21.6 Å². The van der Waals surface area contributed by atoms with E-state index in [9.17, 15) is 14.9 Å². The van der Waals surface area contributed by atoms with Crippen molar-refractivity contribution < 1.29 is 14.7 Å². The van der Waals surface area contributed by atoms with Gasteiger partial charge in [0, 0.05) is 17.8 Å². The Morgan fingerprint density at radius 1 is 0.966 bits per heavy atom. The molecule has 0 aliphatic heterocycles. The van der Waals surface area contributed by atoms with Gasteiger partial charge in [0.1, 0.15) is 17.1 Å². The van der Waals surface area contributed by atoms with Crippen molar-refractivity contribution in [3.8, 4) is 33.9 Å². The van der Waals surface area contributed by atoms with E-state index in [1.54, 1.807) is 30.5 Å². The molecule has 8 heteroatoms. The first-order valence-corrected chi connectivity index (χ1v) is 8.65. The lowest BCUT2D eigenvalue weighted by Crippen LogP contribution is -2.18. The summed E-state index contributed by atoms with van der Waals surface area (Å²) in [5.41, 5.74) is 2.43. The number of rotatable bonds is 5. The second-order valence-corrected chi connectivity index (χ2v) is 6.14. The highest BCUT2D eigenvalue weighted by Gasteiger charge is 2.17. The first-order chi connectivity index (χ1) is 14.1. The monoisotopic (exact) mass is 389 g/mol. The molecule has 0 bridgehead atoms. The summed E-state index contributed by atoms with van der Waals surface area (Å²) in [6, 6.07) is 18.8. The van der Waals surface area contributed by atoms with Gasteiger partial charge in [0.2, 0.25) is 0 Å². The van der Waals surface area contributed by atoms with Crippen LogP contribution in [0.15, 0.2) is 77.7 Å². The Morgan fingerprint density at radius 2 is 1.69 bits per heavy atom. The maximum Gasteiger partial charge on any atom is 0.299 e. The maximum absolute atomic E-state index is 13.3. The van der Waals surface area contributed by atoms with Gasteiger partial charge in [-0.2, -0.15) is 0 Å². The Labute approximate surface area is 164 Å². The molecule has 0 saturated carbocycles. The largest absolute Gasteiger partial charge is 0.497 e. The van der Waals surface area contributed by atoms with E-state index in [1.807, 2.05) is 30.3 Å². The van der Waals surface area contributed by atoms with E-state index < -0.39 is 5.09 Å². The van der Waals surface area contributed by atoms with Gasteiger partial charge in [-0.25, -0.2) is 4.98 Å². The number of benzene rings is 2. The van der Waals surface area contributed by atoms with Crippen LogP contribution in [-0.2, 0) is 0 Å². The SMILES string of the molecule is COc1ccn2c(=O)c(-c3ccccc3)c(-c3ccc(O[N+](=O)[O-])cc3)nc2c1. The number of aromatic nitrogens is 2. The molecule has 4 rings (SSSR count). The summed E-state index contributed by atoms with van der Waals surface area (Å²) < 4.78 is 6.70. The fraction of sp³-hybridized carbons (Fsp3) is 0.0476. The summed E-state index contributed by atoms with van der Waals surface area (Å²) in [4.78, 5) is 33.0. The van der Waals surface area contributed by atoms with E-state index in [2.05, 4.69) is 4.84 Å². The fourth-order valence-electron chi connectivity index (χ4n) is 3.08. The molecule has 29 heavy (non-hydrogen) atoms. The normalized spacial score (nSPS) is 10.7. The van der Waals surface area contributed by atoms with Crippen molar-refractivity contribution in [3.05, 3.63) is 93.4 Å². The average molecular weight is 389 g/mol. The second-order valence-electron chi connectivity index (χ2n) is 6.14. The zero-order valence-corrected chi connectivity index (χ0v) is 15.3. The van der Waals surface area contributed by atoms with Crippen LogP contribution in [0.25, 0.3) is 28.0 Å². The molecule has 144 valence electrons. The summed E-state index contributed by atoms with van der Waals surface area (Å²) in [5.74, 6) is 0.657. The highest BCUT2D eigenvalue weighted by Crippen LogP contribution is 2.30. The fourth-order valence-corrected chi connectivity index (χ4v) is 3.08. The van der Waals surface area contributed by atoms with Crippen LogP contribution in [0.2, 0.25) is 0 Å². The van der Waals surface area contributed by atoms with Gasteiger partial charge in [0.05, 0.1) is 18.4 Å². The van der Waals surface area contributed by atoms with Crippen molar-refractivity contribution >= 4 is 5.65 Å². The van der Waals surface area contributed by atoms with Crippen molar-refractivity contribution in [1.29, 1.82) is 0 Å². The molecule has 8 nitrogen and oxygen atoms in total. The van der Waals surface area contributed by atoms with Gasteiger partial charge in [0.15, 0.2) is 0 Å². The number of pyridine rings is 1. The second kappa shape index (κ2) is 7.43. The third-order valence-corrected chi connectivity index (χ3v) is 4.41. The molecular weight excluding hydrogens is 374 g/mol. The summed E-state index contributed by atoms with van der Waals surface area (Å²) in [6.07, 6.45) is 1.62. The van der Waals surface area contributed by atoms with Crippen molar-refractivity contribution in [3.63, 3.8) is 0 Å². The minimum atomic E-state index is -0.878. The molecule has 0 saturated heterocycles. The Bertz CT molecular complexity index is 1250. The Hall–Kier alpha value is -4.20. The molecule has 0 aliphatic carbocycles. The summed E-state index contributed by atoms with van der Waals surface area (Å²) >= 11 is 0. The molecule has 4 aromatic rings. The van der Waals surface area contributed by atoms with Crippen LogP contribution in [0.1, 0.15) is 0 Å². The van der Waals surface area contributed by atoms with E-state index in [4.69, 9.17) is 9.72 Å². The molecule has 0 radical (unpaired) electrons. The number of hydrogen-bond acceptors (Lipinski definition) is 6. The van der Waals surface area contributed by atoms with Crippen molar-refractivity contribution in [2.24, 2.45) is 0 Å². The summed E-state index contributed by atoms with van der Waals surface area (Å²) in [6.45, 7) is 0. The molecule has 2 aromatic carbocycles. The van der Waals surface area contributed by atoms with Crippen LogP contribution in [0, 0.1) is 10.1 Å². The number of ether oxygens (including phenoxy) is 1. The molecule has 0 fully saturated rings. The lowest BCUT2D eigenvalue weighted by atomic mass is 10.0. The molecule has 2 heterocycles. The predicted molar refractivity (Wildman–Crippen MR) is 107 cm³/mol. The van der Waals surface area contributed by atoms with E-state index in [0.717, 1.165) is 5.56 Å². The standard InChI is InChI=1S/C21H15N3O5/c1-28-17-11-12-23-18(13-17)22-20(15-7-9-16(10-8-15)29-24(26)27)19(21(23)25)14-5-3-2-4-6-14/h2-13H,1H3. The molecule has 2 aromatic heterocycles. The Kier molecular flexibility index (Phi) is 4.66. The van der Waals surface area contributed by atoms with Gasteiger partial charge in [-0.05, 0) is 23.8 Å². The lowest BCUT2D eigenvalue weighted by molar-refractivity contribution is -0.711. The van der Waals surface area contributed by atoms with Crippen LogP contribution in [0.5, 0.6) is 11.5 Å². The van der Waals surface area contributed by atoms with E-state index in [1.165, 1.54) is 23.6 Å². The van der Waals surface area contributed by atoms with Gasteiger partial charge in [-0.1, -0.05) is 42.5 Å². The summed E-state index contributed by atoms with van der Waals surface area (Å²) in [5, 5.41) is 9.65. The quantitative estimate of drug-likeness (QED) is 0.382. The summed E-state index contributed by atoms with van der Waals surface area (Å²) in [7, 11) is 1.54. The number of hydrogen-bond donors (Lipinski definition) is 0. The Balaban J connectivity index is 1.97. The number of methoxy groups -OCH3 is 1. The van der Waals surface area contributed by atoms with Gasteiger partial charge < -0.3 is 4.74 Å². The zero-order chi connectivity index (χ0) is 20.4. The smallest absolute Gasteiger partial charge is 0.299 e. The van der Waals surface area contributed by atoms with Gasteiger partial charge in [0.25, 0.3) is 10.6 Å². The maximum atomic E-state index is 13.3. The minimum absolute atomic E-state index is 0.0826. The van der Waals surface area contributed by atoms with Crippen molar-refractivity contribution in [2.45, 2.75) is 0 Å². The molecule has 0 spiro atoms. The zero-order valence-electron chi connectivity index (χ0n) is 15.3. The Morgan fingerprint density at radius 3 is 2.34 bits per heavy atom. The van der Waals surface area contributed by atoms with E-state index >= 15 is 0 Å². The topological polar surface area (TPSA) is 96.0 Å². The molecule has 0 atom stereocenters. The minimum Gasteiger partial charge on any atom is -0.497 e. The third-order valence-electron chi connectivity index (χ3n) is 4.41. The molecular formula is C21H15N3O5. The highest BCUT2D eigenvalue weighted by atomic mass is 17.0. The molecule has 0 unspecified atom stereocenters. The average Bonchev–Trinajstić information content (AvgIpc) is 2.74. The third kappa shape index (κ3) is 3.51. The van der Waals surface area contributed by atoms with Gasteiger partial charge >= 0.3 is 0 Å². The van der Waals surface area contributed by atoms with Crippen molar-refractivity contribution in [2.75, 3.05) is 7.11 Å². The van der Waals surface area contributed by atoms with E-state index in [0.29, 0.717) is 28.2 Å². The van der Waals surface area contributed by atoms with Crippen LogP contribution < -0.4 is 15.1 Å². The van der Waals surface area contributed by atoms with Gasteiger partial charge in [-0.15, -0.1) is 10.1 Å². The molecule has 0 aliphatic rings. The van der Waals surface area contributed by atoms with Crippen LogP contribution in [0.4, 0.5) is 0 Å². The first kappa shape index (κ1) is 18.2. The van der Waals surface area contributed by atoms with Crippen molar-refractivity contribution in [1.82, 2.24) is 9.38 Å². The van der Waals surface area contributed by atoms with Crippen LogP contribution >= 0.6 is 0 Å². The highest BCUT2D eigenvalue weighted by molar-refractivity contribution is 5.81. The van der Waals surface area contributed by atoms with Gasteiger partial charge in [-0.3, -0.25) is 14.0 Å². The first-order valence-electron chi connectivity index (χ1n) is 8.65. The lowest BCUT2D eigenvalue weighted by Gasteiger charge is -2.12. The van der Waals surface area contributed by atoms with Crippen LogP contribution in [0.3, 0.4) is 0 Å². The number of fused-ring (bicyclic) bond motifs is 1. The predicted octanol–water partition coefficient (Wildman–Crippen LogP) is 3.61. The molecule has 0 amide bonds.